The summed E-state index contributed by atoms with van der Waals surface area (Å²) in [7, 11) is 1.66. The fraction of sp³-hybridized carbons (Fsp3) is 0.0800. The maximum Gasteiger partial charge on any atom is 0.118 e. The molecule has 0 amide bonds. The fourth-order valence-electron chi connectivity index (χ4n) is 3.47. The standard InChI is InChI=1S/C25H20N2O/c1-28-23-14-12-20(13-15-23)24-16-22(17-26)25(21-10-6-3-7-11-21)27(24)18-19-8-4-2-5-9-19/h2-16H,18H2,1H3. The molecule has 1 heterocycles. The van der Waals surface area contributed by atoms with Crippen molar-refractivity contribution in [2.24, 2.45) is 0 Å². The van der Waals surface area contributed by atoms with Crippen LogP contribution in [0.4, 0.5) is 0 Å². The Hall–Kier alpha value is -3.77. The normalized spacial score (nSPS) is 10.4. The molecule has 4 aromatic rings. The minimum atomic E-state index is 0.674. The summed E-state index contributed by atoms with van der Waals surface area (Å²) in [6, 6.07) is 32.7. The summed E-state index contributed by atoms with van der Waals surface area (Å²) < 4.78 is 7.52. The molecule has 28 heavy (non-hydrogen) atoms. The van der Waals surface area contributed by atoms with Gasteiger partial charge in [-0.1, -0.05) is 60.7 Å². The Morgan fingerprint density at radius 3 is 2.07 bits per heavy atom. The molecule has 3 heteroatoms. The van der Waals surface area contributed by atoms with E-state index in [4.69, 9.17) is 4.74 Å². The predicted molar refractivity (Wildman–Crippen MR) is 112 cm³/mol. The highest BCUT2D eigenvalue weighted by Crippen LogP contribution is 2.34. The van der Waals surface area contributed by atoms with Crippen LogP contribution in [0.1, 0.15) is 11.1 Å². The number of nitrogens with zero attached hydrogens (tertiary/aromatic N) is 2. The zero-order valence-corrected chi connectivity index (χ0v) is 15.7. The van der Waals surface area contributed by atoms with Gasteiger partial charge in [-0.2, -0.15) is 5.26 Å². The Kier molecular flexibility index (Phi) is 4.95. The van der Waals surface area contributed by atoms with E-state index in [1.807, 2.05) is 66.7 Å². The van der Waals surface area contributed by atoms with Crippen molar-refractivity contribution >= 4 is 0 Å². The first-order valence-corrected chi connectivity index (χ1v) is 9.17. The second-order valence-corrected chi connectivity index (χ2v) is 6.57. The van der Waals surface area contributed by atoms with Crippen LogP contribution in [0.5, 0.6) is 5.75 Å². The number of benzene rings is 3. The molecule has 0 radical (unpaired) electrons. The van der Waals surface area contributed by atoms with Gasteiger partial charge >= 0.3 is 0 Å². The predicted octanol–water partition coefficient (Wildman–Crippen LogP) is 5.75. The SMILES string of the molecule is COc1ccc(-c2cc(C#N)c(-c3ccccc3)n2Cc2ccccc2)cc1. The summed E-state index contributed by atoms with van der Waals surface area (Å²) in [6.45, 7) is 0.689. The molecule has 0 fully saturated rings. The van der Waals surface area contributed by atoms with Crippen LogP contribution in [0, 0.1) is 11.3 Å². The van der Waals surface area contributed by atoms with E-state index >= 15 is 0 Å². The van der Waals surface area contributed by atoms with Crippen LogP contribution < -0.4 is 4.74 Å². The number of rotatable bonds is 5. The van der Waals surface area contributed by atoms with Gasteiger partial charge in [0.1, 0.15) is 11.8 Å². The van der Waals surface area contributed by atoms with Gasteiger partial charge in [0.2, 0.25) is 0 Å². The minimum absolute atomic E-state index is 0.674. The second-order valence-electron chi connectivity index (χ2n) is 6.57. The lowest BCUT2D eigenvalue weighted by Crippen LogP contribution is -2.04. The van der Waals surface area contributed by atoms with E-state index in [2.05, 4.69) is 34.9 Å². The van der Waals surface area contributed by atoms with E-state index < -0.39 is 0 Å². The molecular weight excluding hydrogens is 344 g/mol. The van der Waals surface area contributed by atoms with Gasteiger partial charge in [-0.3, -0.25) is 0 Å². The molecule has 136 valence electrons. The number of aromatic nitrogens is 1. The minimum Gasteiger partial charge on any atom is -0.497 e. The maximum absolute atomic E-state index is 9.83. The van der Waals surface area contributed by atoms with E-state index in [0.29, 0.717) is 12.1 Å². The lowest BCUT2D eigenvalue weighted by molar-refractivity contribution is 0.415. The molecule has 0 aliphatic heterocycles. The molecule has 0 N–H and O–H groups in total. The van der Waals surface area contributed by atoms with Crippen molar-refractivity contribution in [1.82, 2.24) is 4.57 Å². The van der Waals surface area contributed by atoms with E-state index in [1.165, 1.54) is 5.56 Å². The van der Waals surface area contributed by atoms with Gasteiger partial charge in [-0.05, 0) is 47.0 Å². The number of hydrogen-bond donors (Lipinski definition) is 0. The van der Waals surface area contributed by atoms with Gasteiger partial charge in [0, 0.05) is 6.54 Å². The summed E-state index contributed by atoms with van der Waals surface area (Å²) in [5.41, 5.74) is 5.91. The van der Waals surface area contributed by atoms with Crippen LogP contribution in [0.3, 0.4) is 0 Å². The van der Waals surface area contributed by atoms with Gasteiger partial charge in [-0.25, -0.2) is 0 Å². The van der Waals surface area contributed by atoms with Gasteiger partial charge in [-0.15, -0.1) is 0 Å². The first-order valence-electron chi connectivity index (χ1n) is 9.17. The first kappa shape index (κ1) is 17.6. The Morgan fingerprint density at radius 1 is 0.821 bits per heavy atom. The summed E-state index contributed by atoms with van der Waals surface area (Å²) in [6.07, 6.45) is 0. The summed E-state index contributed by atoms with van der Waals surface area (Å²) in [4.78, 5) is 0. The van der Waals surface area contributed by atoms with Crippen LogP contribution in [-0.4, -0.2) is 11.7 Å². The van der Waals surface area contributed by atoms with Crippen LogP contribution in [-0.2, 0) is 6.54 Å². The van der Waals surface area contributed by atoms with Crippen molar-refractivity contribution in [3.63, 3.8) is 0 Å². The molecule has 4 rings (SSSR count). The third kappa shape index (κ3) is 3.41. The van der Waals surface area contributed by atoms with Crippen molar-refractivity contribution in [1.29, 1.82) is 5.26 Å². The third-order valence-electron chi connectivity index (χ3n) is 4.83. The number of methoxy groups -OCH3 is 1. The monoisotopic (exact) mass is 364 g/mol. The molecular formula is C25H20N2O. The third-order valence-corrected chi connectivity index (χ3v) is 4.83. The van der Waals surface area contributed by atoms with E-state index in [9.17, 15) is 5.26 Å². The van der Waals surface area contributed by atoms with Crippen molar-refractivity contribution < 1.29 is 4.74 Å². The largest absolute Gasteiger partial charge is 0.497 e. The fourth-order valence-corrected chi connectivity index (χ4v) is 3.47. The maximum atomic E-state index is 9.83. The van der Waals surface area contributed by atoms with E-state index in [1.54, 1.807) is 7.11 Å². The molecule has 0 aliphatic carbocycles. The van der Waals surface area contributed by atoms with E-state index in [-0.39, 0.29) is 0 Å². The molecule has 3 nitrogen and oxygen atoms in total. The molecule has 3 aromatic carbocycles. The van der Waals surface area contributed by atoms with E-state index in [0.717, 1.165) is 28.3 Å². The zero-order chi connectivity index (χ0) is 19.3. The van der Waals surface area contributed by atoms with Crippen molar-refractivity contribution in [2.75, 3.05) is 7.11 Å². The smallest absolute Gasteiger partial charge is 0.118 e. The number of hydrogen-bond acceptors (Lipinski definition) is 2. The van der Waals surface area contributed by atoms with Crippen LogP contribution in [0.25, 0.3) is 22.5 Å². The second kappa shape index (κ2) is 7.85. The zero-order valence-electron chi connectivity index (χ0n) is 15.7. The average molecular weight is 364 g/mol. The molecule has 0 aliphatic rings. The summed E-state index contributed by atoms with van der Waals surface area (Å²) >= 11 is 0. The first-order chi connectivity index (χ1) is 13.8. The highest BCUT2D eigenvalue weighted by molar-refractivity contribution is 5.76. The van der Waals surface area contributed by atoms with Crippen molar-refractivity contribution in [3.05, 3.63) is 102 Å². The Labute approximate surface area is 165 Å². The van der Waals surface area contributed by atoms with Crippen molar-refractivity contribution in [3.8, 4) is 34.3 Å². The number of nitriles is 1. The van der Waals surface area contributed by atoms with Crippen molar-refractivity contribution in [2.45, 2.75) is 6.54 Å². The average Bonchev–Trinajstić information content (AvgIpc) is 3.13. The summed E-state index contributed by atoms with van der Waals surface area (Å²) in [5.74, 6) is 0.814. The Balaban J connectivity index is 1.92. The van der Waals surface area contributed by atoms with Crippen LogP contribution in [0.2, 0.25) is 0 Å². The van der Waals surface area contributed by atoms with Gasteiger partial charge in [0.15, 0.2) is 0 Å². The molecule has 0 spiro atoms. The molecule has 0 unspecified atom stereocenters. The lowest BCUT2D eigenvalue weighted by Gasteiger charge is -2.15. The van der Waals surface area contributed by atoms with Crippen LogP contribution in [0.15, 0.2) is 91.0 Å². The summed E-state index contributed by atoms with van der Waals surface area (Å²) in [5, 5.41) is 9.83. The van der Waals surface area contributed by atoms with Gasteiger partial charge < -0.3 is 9.30 Å². The van der Waals surface area contributed by atoms with Gasteiger partial charge in [0.05, 0.1) is 24.1 Å². The Morgan fingerprint density at radius 2 is 1.46 bits per heavy atom. The topological polar surface area (TPSA) is 37.9 Å². The molecule has 0 saturated heterocycles. The Bertz CT molecular complexity index is 1110. The molecule has 0 saturated carbocycles. The van der Waals surface area contributed by atoms with Crippen LogP contribution >= 0.6 is 0 Å². The molecule has 0 atom stereocenters. The molecule has 1 aromatic heterocycles. The highest BCUT2D eigenvalue weighted by Gasteiger charge is 2.18. The number of ether oxygens (including phenoxy) is 1. The van der Waals surface area contributed by atoms with Gasteiger partial charge in [0.25, 0.3) is 0 Å². The lowest BCUT2D eigenvalue weighted by atomic mass is 10.1. The quantitative estimate of drug-likeness (QED) is 0.452. The molecule has 0 bridgehead atoms. The highest BCUT2D eigenvalue weighted by atomic mass is 16.5.